The molecule has 0 saturated carbocycles. The molecule has 0 bridgehead atoms. The molecule has 0 fully saturated rings. The van der Waals surface area contributed by atoms with E-state index in [0.717, 1.165) is 24.2 Å². The van der Waals surface area contributed by atoms with E-state index in [2.05, 4.69) is 145 Å². The van der Waals surface area contributed by atoms with Gasteiger partial charge in [-0.25, -0.2) is 12.2 Å². The van der Waals surface area contributed by atoms with Crippen molar-refractivity contribution in [2.75, 3.05) is 0 Å². The predicted molar refractivity (Wildman–Crippen MR) is 190 cm³/mol. The second-order valence-corrected chi connectivity index (χ2v) is 11.7. The van der Waals surface area contributed by atoms with Crippen molar-refractivity contribution in [3.63, 3.8) is 0 Å². The van der Waals surface area contributed by atoms with Gasteiger partial charge in [-0.05, 0) is 71.2 Å². The van der Waals surface area contributed by atoms with Crippen LogP contribution in [0, 0.1) is 12.2 Å². The summed E-state index contributed by atoms with van der Waals surface area (Å²) in [5.74, 6) is 0.280. The van der Waals surface area contributed by atoms with Gasteiger partial charge in [0.05, 0.1) is 0 Å². The van der Waals surface area contributed by atoms with Crippen molar-refractivity contribution in [1.82, 2.24) is 9.97 Å². The SMILES string of the molecule is CCc1ccc(-c2cccc3c2C=[C-]C3c2ccccn2)cc1.CCc1ccc(-c2cccc3c2C=[C-]C3c2ccccn2)cc1.[Zr+2]. The van der Waals surface area contributed by atoms with Gasteiger partial charge in [0, 0.05) is 23.8 Å². The Morgan fingerprint density at radius 3 is 1.28 bits per heavy atom. The average molecular weight is 684 g/mol. The smallest absolute Gasteiger partial charge is 0.262 e. The Balaban J connectivity index is 0.000000161. The summed E-state index contributed by atoms with van der Waals surface area (Å²) in [7, 11) is 0. The summed E-state index contributed by atoms with van der Waals surface area (Å²) in [4.78, 5) is 9.00. The maximum atomic E-state index is 4.50. The van der Waals surface area contributed by atoms with E-state index in [0.29, 0.717) is 0 Å². The van der Waals surface area contributed by atoms with E-state index in [9.17, 15) is 0 Å². The molecule has 0 aliphatic heterocycles. The average Bonchev–Trinajstić information content (AvgIpc) is 3.78. The van der Waals surface area contributed by atoms with Gasteiger partial charge < -0.3 is 0 Å². The first-order valence-corrected chi connectivity index (χ1v) is 16.2. The molecule has 2 nitrogen and oxygen atoms in total. The standard InChI is InChI=1S/2C22H18N.Zr/c2*1-2-16-9-11-17(12-10-16)18-6-5-7-19-20(18)13-14-21(19)22-8-3-4-15-23-22;/h2*3-13,15,21H,2H2,1H3;/q2*-1;+2. The van der Waals surface area contributed by atoms with Gasteiger partial charge in [0.25, 0.3) is 0 Å². The Morgan fingerprint density at radius 2 is 0.915 bits per heavy atom. The third-order valence-corrected chi connectivity index (χ3v) is 9.00. The molecular weight excluding hydrogens is 648 g/mol. The molecule has 2 heterocycles. The van der Waals surface area contributed by atoms with Crippen LogP contribution in [0.4, 0.5) is 0 Å². The first-order valence-electron chi connectivity index (χ1n) is 16.2. The summed E-state index contributed by atoms with van der Waals surface area (Å²) in [5, 5.41) is 0. The second-order valence-electron chi connectivity index (χ2n) is 11.7. The molecule has 0 N–H and O–H groups in total. The molecule has 2 aliphatic carbocycles. The molecule has 47 heavy (non-hydrogen) atoms. The molecule has 0 saturated heterocycles. The molecule has 4 aromatic carbocycles. The van der Waals surface area contributed by atoms with Gasteiger partial charge in [0.2, 0.25) is 0 Å². The van der Waals surface area contributed by atoms with Crippen molar-refractivity contribution in [2.45, 2.75) is 38.5 Å². The van der Waals surface area contributed by atoms with Crippen LogP contribution in [0.15, 0.2) is 134 Å². The van der Waals surface area contributed by atoms with E-state index in [4.69, 9.17) is 0 Å². The van der Waals surface area contributed by atoms with E-state index in [-0.39, 0.29) is 38.0 Å². The number of pyridine rings is 2. The summed E-state index contributed by atoms with van der Waals surface area (Å²) in [6.45, 7) is 4.37. The maximum absolute atomic E-state index is 4.50. The van der Waals surface area contributed by atoms with Crippen LogP contribution in [-0.2, 0) is 39.0 Å². The molecule has 3 heteroatoms. The molecular formula is C44H36N2Zr. The Labute approximate surface area is 298 Å². The fourth-order valence-electron chi connectivity index (χ4n) is 6.43. The first kappa shape index (κ1) is 32.5. The third-order valence-electron chi connectivity index (χ3n) is 9.00. The minimum atomic E-state index is 0. The van der Waals surface area contributed by atoms with Gasteiger partial charge in [-0.1, -0.05) is 122 Å². The zero-order valence-corrected chi connectivity index (χ0v) is 29.3. The number of hydrogen-bond acceptors (Lipinski definition) is 2. The van der Waals surface area contributed by atoms with Crippen molar-refractivity contribution in [3.8, 4) is 22.3 Å². The van der Waals surface area contributed by atoms with Crippen LogP contribution in [0.3, 0.4) is 0 Å². The molecule has 2 unspecified atom stereocenters. The fourth-order valence-corrected chi connectivity index (χ4v) is 6.43. The molecule has 0 spiro atoms. The van der Waals surface area contributed by atoms with Gasteiger partial charge in [-0.15, -0.1) is 11.1 Å². The number of fused-ring (bicyclic) bond motifs is 2. The number of hydrogen-bond donors (Lipinski definition) is 0. The largest absolute Gasteiger partial charge is 2.00 e. The molecule has 8 rings (SSSR count). The van der Waals surface area contributed by atoms with E-state index in [1.54, 1.807) is 0 Å². The summed E-state index contributed by atoms with van der Waals surface area (Å²) in [6.07, 6.45) is 17.1. The van der Waals surface area contributed by atoms with Crippen molar-refractivity contribution in [1.29, 1.82) is 0 Å². The van der Waals surface area contributed by atoms with Crippen molar-refractivity contribution < 1.29 is 26.2 Å². The van der Waals surface area contributed by atoms with Gasteiger partial charge >= 0.3 is 26.2 Å². The molecule has 226 valence electrons. The van der Waals surface area contributed by atoms with Crippen molar-refractivity contribution in [3.05, 3.63) is 191 Å². The van der Waals surface area contributed by atoms with Crippen LogP contribution >= 0.6 is 0 Å². The van der Waals surface area contributed by atoms with Crippen LogP contribution in [-0.4, -0.2) is 9.97 Å². The molecule has 6 aromatic rings. The van der Waals surface area contributed by atoms with E-state index < -0.39 is 0 Å². The Morgan fingerprint density at radius 1 is 0.489 bits per heavy atom. The summed E-state index contributed by atoms with van der Waals surface area (Å²) < 4.78 is 0. The van der Waals surface area contributed by atoms with Crippen LogP contribution in [0.2, 0.25) is 0 Å². The number of allylic oxidation sites excluding steroid dienone is 2. The van der Waals surface area contributed by atoms with E-state index in [1.807, 2.05) is 36.7 Å². The fraction of sp³-hybridized carbons (Fsp3) is 0.136. The Kier molecular flexibility index (Phi) is 10.3. The maximum Gasteiger partial charge on any atom is 2.00 e. The quantitative estimate of drug-likeness (QED) is 0.163. The number of rotatable bonds is 6. The van der Waals surface area contributed by atoms with Crippen LogP contribution in [0.5, 0.6) is 0 Å². The number of nitrogens with zero attached hydrogens (tertiary/aromatic N) is 2. The molecule has 2 atom stereocenters. The minimum absolute atomic E-state index is 0. The van der Waals surface area contributed by atoms with Gasteiger partial charge in [0.1, 0.15) is 0 Å². The Hall–Kier alpha value is -4.46. The second kappa shape index (κ2) is 15.0. The summed E-state index contributed by atoms with van der Waals surface area (Å²) in [5.41, 5.74) is 15.1. The number of aromatic nitrogens is 2. The zero-order valence-electron chi connectivity index (χ0n) is 26.8. The molecule has 2 aliphatic rings. The van der Waals surface area contributed by atoms with Gasteiger partial charge in [-0.3, -0.25) is 22.1 Å². The first-order chi connectivity index (χ1) is 22.7. The zero-order chi connectivity index (χ0) is 31.3. The summed E-state index contributed by atoms with van der Waals surface area (Å²) in [6, 6.07) is 42.9. The molecule has 0 radical (unpaired) electrons. The predicted octanol–water partition coefficient (Wildman–Crippen LogP) is 10.5. The minimum Gasteiger partial charge on any atom is -0.262 e. The third kappa shape index (κ3) is 6.83. The van der Waals surface area contributed by atoms with Crippen LogP contribution < -0.4 is 0 Å². The molecule has 0 amide bonds. The van der Waals surface area contributed by atoms with Gasteiger partial charge in [0.15, 0.2) is 0 Å². The van der Waals surface area contributed by atoms with Crippen LogP contribution in [0.25, 0.3) is 34.4 Å². The topological polar surface area (TPSA) is 25.8 Å². The summed E-state index contributed by atoms with van der Waals surface area (Å²) >= 11 is 0. The van der Waals surface area contributed by atoms with E-state index >= 15 is 0 Å². The van der Waals surface area contributed by atoms with Gasteiger partial charge in [-0.2, -0.15) is 11.1 Å². The number of benzene rings is 4. The van der Waals surface area contributed by atoms with Crippen LogP contribution in [0.1, 0.15) is 70.5 Å². The number of aryl methyl sites for hydroxylation is 2. The van der Waals surface area contributed by atoms with Crippen molar-refractivity contribution >= 4 is 12.2 Å². The van der Waals surface area contributed by atoms with Crippen molar-refractivity contribution in [2.24, 2.45) is 0 Å². The normalized spacial score (nSPS) is 15.3. The van der Waals surface area contributed by atoms with E-state index in [1.165, 1.54) is 55.6 Å². The molecule has 2 aromatic heterocycles. The monoisotopic (exact) mass is 682 g/mol. The Bertz CT molecular complexity index is 1850.